The zero-order valence-electron chi connectivity index (χ0n) is 12.7. The van der Waals surface area contributed by atoms with Gasteiger partial charge in [0.1, 0.15) is 5.75 Å². The van der Waals surface area contributed by atoms with Gasteiger partial charge in [0.2, 0.25) is 5.13 Å². The first-order valence-electron chi connectivity index (χ1n) is 7.16. The van der Waals surface area contributed by atoms with Gasteiger partial charge in [-0.25, -0.2) is 4.98 Å². The highest BCUT2D eigenvalue weighted by Gasteiger charge is 2.08. The number of nitrogens with one attached hydrogen (secondary N) is 1. The maximum Gasteiger partial charge on any atom is 0.387 e. The first-order valence-corrected chi connectivity index (χ1v) is 8.83. The van der Waals surface area contributed by atoms with Gasteiger partial charge in [-0.3, -0.25) is 5.43 Å². The first-order chi connectivity index (χ1) is 12.1. The predicted molar refractivity (Wildman–Crippen MR) is 99.5 cm³/mol. The van der Waals surface area contributed by atoms with Crippen LogP contribution in [0.1, 0.15) is 5.56 Å². The molecule has 2 aromatic carbocycles. The lowest BCUT2D eigenvalue weighted by Gasteiger charge is -2.06. The molecular formula is C17H12BrF2N3OS. The minimum Gasteiger partial charge on any atom is -0.434 e. The molecule has 0 bridgehead atoms. The Labute approximate surface area is 155 Å². The molecule has 1 heterocycles. The SMILES string of the molecule is FC(F)Oc1ccccc1/C=N\Nc1nc(-c2ccc(Br)cc2)cs1. The molecule has 0 atom stereocenters. The Kier molecular flexibility index (Phi) is 5.72. The van der Waals surface area contributed by atoms with Crippen molar-refractivity contribution in [3.05, 3.63) is 63.9 Å². The third-order valence-corrected chi connectivity index (χ3v) is 4.42. The second-order valence-corrected chi connectivity index (χ2v) is 6.60. The van der Waals surface area contributed by atoms with Crippen LogP contribution in [0, 0.1) is 0 Å². The number of aromatic nitrogens is 1. The summed E-state index contributed by atoms with van der Waals surface area (Å²) in [6.45, 7) is -2.88. The number of para-hydroxylation sites is 1. The summed E-state index contributed by atoms with van der Waals surface area (Å²) in [7, 11) is 0. The van der Waals surface area contributed by atoms with Crippen LogP contribution in [0.2, 0.25) is 0 Å². The van der Waals surface area contributed by atoms with Crippen LogP contribution < -0.4 is 10.2 Å². The van der Waals surface area contributed by atoms with Crippen LogP contribution in [-0.2, 0) is 0 Å². The number of thiazole rings is 1. The van der Waals surface area contributed by atoms with Crippen molar-refractivity contribution in [3.63, 3.8) is 0 Å². The topological polar surface area (TPSA) is 46.5 Å². The number of anilines is 1. The number of rotatable bonds is 6. The van der Waals surface area contributed by atoms with Crippen LogP contribution >= 0.6 is 27.3 Å². The number of hydrogen-bond donors (Lipinski definition) is 1. The van der Waals surface area contributed by atoms with Crippen molar-refractivity contribution in [2.45, 2.75) is 6.61 Å². The summed E-state index contributed by atoms with van der Waals surface area (Å²) >= 11 is 4.79. The van der Waals surface area contributed by atoms with Gasteiger partial charge in [-0.15, -0.1) is 11.3 Å². The van der Waals surface area contributed by atoms with Gasteiger partial charge in [-0.2, -0.15) is 13.9 Å². The first kappa shape index (κ1) is 17.5. The van der Waals surface area contributed by atoms with Crippen molar-refractivity contribution in [3.8, 4) is 17.0 Å². The molecule has 0 aliphatic rings. The number of alkyl halides is 2. The fourth-order valence-electron chi connectivity index (χ4n) is 2.03. The lowest BCUT2D eigenvalue weighted by atomic mass is 10.2. The van der Waals surface area contributed by atoms with E-state index in [0.717, 1.165) is 15.7 Å². The number of ether oxygens (including phenoxy) is 1. The summed E-state index contributed by atoms with van der Waals surface area (Å²) in [5.41, 5.74) is 5.07. The highest BCUT2D eigenvalue weighted by molar-refractivity contribution is 9.10. The predicted octanol–water partition coefficient (Wildman–Crippen LogP) is 5.62. The van der Waals surface area contributed by atoms with Crippen LogP contribution in [-0.4, -0.2) is 17.8 Å². The molecule has 25 heavy (non-hydrogen) atoms. The third kappa shape index (κ3) is 4.83. The Hall–Kier alpha value is -2.32. The molecule has 128 valence electrons. The molecule has 4 nitrogen and oxygen atoms in total. The average Bonchev–Trinajstić information content (AvgIpc) is 3.05. The number of hydrazone groups is 1. The smallest absolute Gasteiger partial charge is 0.387 e. The van der Waals surface area contributed by atoms with Gasteiger partial charge in [0.05, 0.1) is 11.9 Å². The van der Waals surface area contributed by atoms with Gasteiger partial charge < -0.3 is 4.74 Å². The van der Waals surface area contributed by atoms with Gasteiger partial charge >= 0.3 is 6.61 Å². The Morgan fingerprint density at radius 3 is 2.68 bits per heavy atom. The highest BCUT2D eigenvalue weighted by atomic mass is 79.9. The van der Waals surface area contributed by atoms with Crippen molar-refractivity contribution in [1.29, 1.82) is 0 Å². The molecule has 0 radical (unpaired) electrons. The molecule has 1 aromatic heterocycles. The van der Waals surface area contributed by atoms with Gasteiger partial charge in [0.25, 0.3) is 0 Å². The van der Waals surface area contributed by atoms with Gasteiger partial charge in [-0.1, -0.05) is 40.2 Å². The third-order valence-electron chi connectivity index (χ3n) is 3.14. The van der Waals surface area contributed by atoms with Crippen molar-refractivity contribution >= 4 is 38.6 Å². The van der Waals surface area contributed by atoms with Crippen molar-refractivity contribution in [1.82, 2.24) is 4.98 Å². The molecule has 1 N–H and O–H groups in total. The van der Waals surface area contributed by atoms with E-state index in [4.69, 9.17) is 0 Å². The lowest BCUT2D eigenvalue weighted by molar-refractivity contribution is -0.0499. The Morgan fingerprint density at radius 2 is 1.92 bits per heavy atom. The molecule has 0 unspecified atom stereocenters. The van der Waals surface area contributed by atoms with E-state index in [1.165, 1.54) is 23.6 Å². The Bertz CT molecular complexity index is 868. The van der Waals surface area contributed by atoms with Crippen LogP contribution in [0.25, 0.3) is 11.3 Å². The molecule has 0 saturated carbocycles. The van der Waals surface area contributed by atoms with E-state index in [-0.39, 0.29) is 5.75 Å². The molecule has 0 spiro atoms. The van der Waals surface area contributed by atoms with E-state index >= 15 is 0 Å². The molecule has 8 heteroatoms. The zero-order valence-corrected chi connectivity index (χ0v) is 15.1. The molecular weight excluding hydrogens is 412 g/mol. The number of hydrogen-bond acceptors (Lipinski definition) is 5. The maximum atomic E-state index is 12.4. The molecule has 0 fully saturated rings. The molecule has 0 aliphatic heterocycles. The number of benzene rings is 2. The van der Waals surface area contributed by atoms with E-state index < -0.39 is 6.61 Å². The number of nitrogens with zero attached hydrogens (tertiary/aromatic N) is 2. The van der Waals surface area contributed by atoms with Gasteiger partial charge in [0.15, 0.2) is 0 Å². The van der Waals surface area contributed by atoms with Crippen molar-refractivity contribution < 1.29 is 13.5 Å². The molecule has 3 aromatic rings. The van der Waals surface area contributed by atoms with Crippen LogP contribution in [0.5, 0.6) is 5.75 Å². The summed E-state index contributed by atoms with van der Waals surface area (Å²) in [6.07, 6.45) is 1.42. The minimum atomic E-state index is -2.88. The standard InChI is InChI=1S/C17H12BrF2N3OS/c18-13-7-5-11(6-8-13)14-10-25-17(22-14)23-21-9-12-3-1-2-4-15(12)24-16(19)20/h1-10,16H,(H,22,23)/b21-9-. The average molecular weight is 424 g/mol. The van der Waals surface area contributed by atoms with Crippen molar-refractivity contribution in [2.75, 3.05) is 5.43 Å². The quantitative estimate of drug-likeness (QED) is 0.413. The van der Waals surface area contributed by atoms with Crippen LogP contribution in [0.4, 0.5) is 13.9 Å². The monoisotopic (exact) mass is 423 g/mol. The van der Waals surface area contributed by atoms with Gasteiger partial charge in [0, 0.05) is 21.0 Å². The summed E-state index contributed by atoms with van der Waals surface area (Å²) in [5.74, 6) is 0.0674. The summed E-state index contributed by atoms with van der Waals surface area (Å²) in [5, 5.41) is 6.55. The van der Waals surface area contributed by atoms with Crippen molar-refractivity contribution in [2.24, 2.45) is 5.10 Å². The fraction of sp³-hybridized carbons (Fsp3) is 0.0588. The van der Waals surface area contributed by atoms with E-state index in [0.29, 0.717) is 10.7 Å². The Morgan fingerprint density at radius 1 is 1.16 bits per heavy atom. The maximum absolute atomic E-state index is 12.4. The summed E-state index contributed by atoms with van der Waals surface area (Å²) in [4.78, 5) is 4.44. The van der Waals surface area contributed by atoms with E-state index in [2.05, 4.69) is 36.2 Å². The zero-order chi connectivity index (χ0) is 17.6. The lowest BCUT2D eigenvalue weighted by Crippen LogP contribution is -2.04. The molecule has 0 saturated heterocycles. The number of halogens is 3. The fourth-order valence-corrected chi connectivity index (χ4v) is 2.96. The highest BCUT2D eigenvalue weighted by Crippen LogP contribution is 2.26. The molecule has 3 rings (SSSR count). The molecule has 0 amide bonds. The largest absolute Gasteiger partial charge is 0.434 e. The van der Waals surface area contributed by atoms with E-state index in [1.807, 2.05) is 29.6 Å². The normalized spacial score (nSPS) is 11.2. The van der Waals surface area contributed by atoms with Gasteiger partial charge in [-0.05, 0) is 24.3 Å². The van der Waals surface area contributed by atoms with Crippen LogP contribution in [0.15, 0.2) is 63.5 Å². The van der Waals surface area contributed by atoms with E-state index in [9.17, 15) is 8.78 Å². The summed E-state index contributed by atoms with van der Waals surface area (Å²) in [6, 6.07) is 14.2. The second kappa shape index (κ2) is 8.17. The Balaban J connectivity index is 1.68. The molecule has 0 aliphatic carbocycles. The summed E-state index contributed by atoms with van der Waals surface area (Å²) < 4.78 is 30.2. The van der Waals surface area contributed by atoms with Crippen LogP contribution in [0.3, 0.4) is 0 Å². The second-order valence-electron chi connectivity index (χ2n) is 4.83. The van der Waals surface area contributed by atoms with E-state index in [1.54, 1.807) is 18.2 Å². The minimum absolute atomic E-state index is 0.0674.